The second-order valence-electron chi connectivity index (χ2n) is 3.87. The number of rotatable bonds is 6. The van der Waals surface area contributed by atoms with Crippen LogP contribution >= 0.6 is 15.9 Å². The van der Waals surface area contributed by atoms with Gasteiger partial charge in [0.05, 0.1) is 6.54 Å². The SMILES string of the molecule is COCc1nn(CCOc2cc(F)cc(Br)c2)c(=O)o1. The van der Waals surface area contributed by atoms with Crippen molar-refractivity contribution in [3.05, 3.63) is 44.9 Å². The molecule has 108 valence electrons. The fourth-order valence-corrected chi connectivity index (χ4v) is 1.98. The molecule has 8 heteroatoms. The fourth-order valence-electron chi connectivity index (χ4n) is 1.53. The topological polar surface area (TPSA) is 66.5 Å². The molecular weight excluding hydrogens is 335 g/mol. The number of methoxy groups -OCH3 is 1. The smallest absolute Gasteiger partial charge is 0.437 e. The van der Waals surface area contributed by atoms with E-state index in [2.05, 4.69) is 21.0 Å². The van der Waals surface area contributed by atoms with Crippen LogP contribution in [0.1, 0.15) is 5.89 Å². The summed E-state index contributed by atoms with van der Waals surface area (Å²) in [6, 6.07) is 4.21. The molecule has 0 spiro atoms. The van der Waals surface area contributed by atoms with Gasteiger partial charge in [-0.25, -0.2) is 9.18 Å². The van der Waals surface area contributed by atoms with E-state index in [1.54, 1.807) is 6.07 Å². The van der Waals surface area contributed by atoms with Gasteiger partial charge >= 0.3 is 5.76 Å². The summed E-state index contributed by atoms with van der Waals surface area (Å²) in [6.45, 7) is 0.481. The highest BCUT2D eigenvalue weighted by Crippen LogP contribution is 2.20. The summed E-state index contributed by atoms with van der Waals surface area (Å²) < 4.78 is 29.8. The maximum atomic E-state index is 13.1. The van der Waals surface area contributed by atoms with Crippen molar-refractivity contribution in [3.8, 4) is 5.75 Å². The Balaban J connectivity index is 1.94. The quantitative estimate of drug-likeness (QED) is 0.799. The molecule has 2 aromatic rings. The first-order valence-corrected chi connectivity index (χ1v) is 6.52. The highest BCUT2D eigenvalue weighted by molar-refractivity contribution is 9.10. The van der Waals surface area contributed by atoms with Crippen molar-refractivity contribution in [1.29, 1.82) is 0 Å². The standard InChI is InChI=1S/C12H12BrFN2O4/c1-18-7-11-15-16(12(17)20-11)2-3-19-10-5-8(13)4-9(14)6-10/h4-6H,2-3,7H2,1H3. The van der Waals surface area contributed by atoms with E-state index in [0.717, 1.165) is 4.68 Å². The van der Waals surface area contributed by atoms with Gasteiger partial charge in [0.1, 0.15) is 24.8 Å². The van der Waals surface area contributed by atoms with Crippen LogP contribution in [-0.2, 0) is 17.9 Å². The molecule has 0 aliphatic heterocycles. The summed E-state index contributed by atoms with van der Waals surface area (Å²) in [5, 5.41) is 3.91. The Kier molecular flexibility index (Phi) is 4.91. The van der Waals surface area contributed by atoms with Gasteiger partial charge in [0.25, 0.3) is 0 Å². The summed E-state index contributed by atoms with van der Waals surface area (Å²) in [4.78, 5) is 11.4. The monoisotopic (exact) mass is 346 g/mol. The van der Waals surface area contributed by atoms with E-state index in [-0.39, 0.29) is 25.6 Å². The lowest BCUT2D eigenvalue weighted by Gasteiger charge is -2.06. The average molecular weight is 347 g/mol. The van der Waals surface area contributed by atoms with Crippen molar-refractivity contribution in [2.24, 2.45) is 0 Å². The minimum atomic E-state index is -0.582. The zero-order valence-corrected chi connectivity index (χ0v) is 12.2. The normalized spacial score (nSPS) is 10.8. The molecule has 0 unspecified atom stereocenters. The summed E-state index contributed by atoms with van der Waals surface area (Å²) >= 11 is 3.17. The van der Waals surface area contributed by atoms with Gasteiger partial charge in [-0.15, -0.1) is 5.10 Å². The van der Waals surface area contributed by atoms with Crippen molar-refractivity contribution >= 4 is 15.9 Å². The molecule has 0 aliphatic rings. The Morgan fingerprint density at radius 1 is 1.45 bits per heavy atom. The molecule has 0 aliphatic carbocycles. The fraction of sp³-hybridized carbons (Fsp3) is 0.333. The van der Waals surface area contributed by atoms with Crippen molar-refractivity contribution in [1.82, 2.24) is 9.78 Å². The number of aromatic nitrogens is 2. The first kappa shape index (κ1) is 14.7. The molecule has 0 N–H and O–H groups in total. The van der Waals surface area contributed by atoms with Crippen molar-refractivity contribution < 1.29 is 18.3 Å². The van der Waals surface area contributed by atoms with E-state index < -0.39 is 11.6 Å². The number of benzene rings is 1. The summed E-state index contributed by atoms with van der Waals surface area (Å²) in [5.74, 6) is -0.423. The third kappa shape index (κ3) is 3.91. The molecule has 0 saturated carbocycles. The largest absolute Gasteiger partial charge is 0.492 e. The van der Waals surface area contributed by atoms with Gasteiger partial charge < -0.3 is 13.9 Å². The summed E-state index contributed by atoms with van der Waals surface area (Å²) in [5.41, 5.74) is 0. The molecule has 0 bridgehead atoms. The summed E-state index contributed by atoms with van der Waals surface area (Å²) in [7, 11) is 1.48. The van der Waals surface area contributed by atoms with Crippen LogP contribution in [-0.4, -0.2) is 23.5 Å². The van der Waals surface area contributed by atoms with Gasteiger partial charge in [0.2, 0.25) is 5.89 Å². The number of ether oxygens (including phenoxy) is 2. The van der Waals surface area contributed by atoms with Gasteiger partial charge in [-0.3, -0.25) is 0 Å². The molecule has 2 rings (SSSR count). The first-order valence-electron chi connectivity index (χ1n) is 5.73. The molecule has 6 nitrogen and oxygen atoms in total. The van der Waals surface area contributed by atoms with Gasteiger partial charge in [0, 0.05) is 17.6 Å². The third-order valence-electron chi connectivity index (χ3n) is 2.32. The molecule has 0 amide bonds. The van der Waals surface area contributed by atoms with Crippen LogP contribution in [0.25, 0.3) is 0 Å². The van der Waals surface area contributed by atoms with E-state index in [1.807, 2.05) is 0 Å². The second kappa shape index (κ2) is 6.67. The van der Waals surface area contributed by atoms with E-state index in [0.29, 0.717) is 10.2 Å². The van der Waals surface area contributed by atoms with E-state index in [9.17, 15) is 9.18 Å². The minimum absolute atomic E-state index is 0.125. The lowest BCUT2D eigenvalue weighted by atomic mass is 10.3. The lowest BCUT2D eigenvalue weighted by molar-refractivity contribution is 0.158. The number of nitrogens with zero attached hydrogens (tertiary/aromatic N) is 2. The van der Waals surface area contributed by atoms with Gasteiger partial charge in [-0.05, 0) is 12.1 Å². The molecule has 1 heterocycles. The molecule has 1 aromatic heterocycles. The minimum Gasteiger partial charge on any atom is -0.492 e. The predicted octanol–water partition coefficient (Wildman–Crippen LogP) is 1.96. The highest BCUT2D eigenvalue weighted by atomic mass is 79.9. The van der Waals surface area contributed by atoms with Crippen molar-refractivity contribution in [2.45, 2.75) is 13.2 Å². The second-order valence-corrected chi connectivity index (χ2v) is 4.79. The molecule has 0 radical (unpaired) electrons. The van der Waals surface area contributed by atoms with Crippen LogP contribution in [0.15, 0.2) is 31.9 Å². The summed E-state index contributed by atoms with van der Waals surface area (Å²) in [6.07, 6.45) is 0. The molecule has 0 saturated heterocycles. The Hall–Kier alpha value is -1.67. The highest BCUT2D eigenvalue weighted by Gasteiger charge is 2.07. The van der Waals surface area contributed by atoms with Crippen LogP contribution in [0.4, 0.5) is 4.39 Å². The maximum absolute atomic E-state index is 13.1. The van der Waals surface area contributed by atoms with Gasteiger partial charge in [-0.1, -0.05) is 15.9 Å². The van der Waals surface area contributed by atoms with Crippen LogP contribution in [0.5, 0.6) is 5.75 Å². The lowest BCUT2D eigenvalue weighted by Crippen LogP contribution is -2.20. The average Bonchev–Trinajstić information content (AvgIpc) is 2.69. The number of hydrogen-bond donors (Lipinski definition) is 0. The molecular formula is C12H12BrFN2O4. The van der Waals surface area contributed by atoms with E-state index >= 15 is 0 Å². The maximum Gasteiger partial charge on any atom is 0.437 e. The van der Waals surface area contributed by atoms with E-state index in [4.69, 9.17) is 13.9 Å². The predicted molar refractivity (Wildman–Crippen MR) is 71.1 cm³/mol. The van der Waals surface area contributed by atoms with Crippen LogP contribution < -0.4 is 10.5 Å². The molecule has 20 heavy (non-hydrogen) atoms. The molecule has 0 fully saturated rings. The number of hydrogen-bond acceptors (Lipinski definition) is 5. The Morgan fingerprint density at radius 2 is 2.25 bits per heavy atom. The first-order chi connectivity index (χ1) is 9.58. The molecule has 1 aromatic carbocycles. The number of halogens is 2. The van der Waals surface area contributed by atoms with Crippen molar-refractivity contribution in [2.75, 3.05) is 13.7 Å². The van der Waals surface area contributed by atoms with Gasteiger partial charge in [-0.2, -0.15) is 4.68 Å². The third-order valence-corrected chi connectivity index (χ3v) is 2.78. The van der Waals surface area contributed by atoms with Crippen LogP contribution in [0.3, 0.4) is 0 Å². The molecule has 0 atom stereocenters. The van der Waals surface area contributed by atoms with E-state index in [1.165, 1.54) is 19.2 Å². The Morgan fingerprint density at radius 3 is 2.95 bits per heavy atom. The van der Waals surface area contributed by atoms with Crippen molar-refractivity contribution in [3.63, 3.8) is 0 Å². The Labute approximate surface area is 122 Å². The zero-order valence-electron chi connectivity index (χ0n) is 10.6. The van der Waals surface area contributed by atoms with Crippen LogP contribution in [0, 0.1) is 5.82 Å². The van der Waals surface area contributed by atoms with Crippen LogP contribution in [0.2, 0.25) is 0 Å². The zero-order chi connectivity index (χ0) is 14.5. The Bertz CT molecular complexity index is 620. The van der Waals surface area contributed by atoms with Gasteiger partial charge in [0.15, 0.2) is 0 Å².